The van der Waals surface area contributed by atoms with Crippen LogP contribution in [0.5, 0.6) is 11.5 Å². The first kappa shape index (κ1) is 15.8. The molecule has 0 aliphatic carbocycles. The first-order valence-corrected chi connectivity index (χ1v) is 8.38. The molecule has 0 fully saturated rings. The zero-order chi connectivity index (χ0) is 17.1. The van der Waals surface area contributed by atoms with Crippen LogP contribution in [0.4, 0.5) is 0 Å². The van der Waals surface area contributed by atoms with Crippen LogP contribution in [-0.2, 0) is 13.0 Å². The van der Waals surface area contributed by atoms with Gasteiger partial charge >= 0.3 is 0 Å². The molecule has 0 saturated carbocycles. The van der Waals surface area contributed by atoms with Crippen LogP contribution < -0.4 is 9.47 Å². The van der Waals surface area contributed by atoms with Crippen molar-refractivity contribution in [2.24, 2.45) is 5.92 Å². The zero-order valence-electron chi connectivity index (χ0n) is 13.8. The largest absolute Gasteiger partial charge is 0.486 e. The summed E-state index contributed by atoms with van der Waals surface area (Å²) in [7, 11) is 0. The van der Waals surface area contributed by atoms with Gasteiger partial charge in [0.25, 0.3) is 0 Å². The highest BCUT2D eigenvalue weighted by atomic mass is 16.6. The van der Waals surface area contributed by atoms with Crippen molar-refractivity contribution in [2.75, 3.05) is 19.8 Å². The summed E-state index contributed by atoms with van der Waals surface area (Å²) in [5.41, 5.74) is 0.962. The number of furan rings is 1. The number of aromatic nitrogens is 2. The van der Waals surface area contributed by atoms with Crippen LogP contribution in [0.3, 0.4) is 0 Å². The van der Waals surface area contributed by atoms with Crippen molar-refractivity contribution in [1.82, 2.24) is 9.55 Å². The van der Waals surface area contributed by atoms with Crippen LogP contribution in [0.25, 0.3) is 11.4 Å². The Balaban J connectivity index is 1.55. The molecular weight excluding hydrogens is 320 g/mol. The van der Waals surface area contributed by atoms with Crippen molar-refractivity contribution in [3.8, 4) is 22.9 Å². The highest BCUT2D eigenvalue weighted by molar-refractivity contribution is 5.61. The van der Waals surface area contributed by atoms with E-state index in [1.807, 2.05) is 36.5 Å². The molecular formula is C19H20N2O4. The smallest absolute Gasteiger partial charge is 0.162 e. The van der Waals surface area contributed by atoms with E-state index in [1.54, 1.807) is 12.5 Å². The molecule has 0 spiro atoms. The van der Waals surface area contributed by atoms with Gasteiger partial charge in [0.2, 0.25) is 0 Å². The van der Waals surface area contributed by atoms with Gasteiger partial charge in [-0.25, -0.2) is 4.98 Å². The van der Waals surface area contributed by atoms with E-state index in [9.17, 15) is 5.11 Å². The number of imidazole rings is 1. The average Bonchev–Trinajstić information content (AvgIpc) is 3.32. The molecule has 6 heteroatoms. The molecule has 4 rings (SSSR count). The number of benzene rings is 1. The zero-order valence-corrected chi connectivity index (χ0v) is 13.8. The lowest BCUT2D eigenvalue weighted by atomic mass is 10.0. The lowest BCUT2D eigenvalue weighted by Gasteiger charge is -2.19. The third-order valence-corrected chi connectivity index (χ3v) is 4.30. The van der Waals surface area contributed by atoms with Crippen molar-refractivity contribution in [3.63, 3.8) is 0 Å². The number of fused-ring (bicyclic) bond motifs is 1. The quantitative estimate of drug-likeness (QED) is 0.747. The Bertz CT molecular complexity index is 826. The Labute approximate surface area is 145 Å². The van der Waals surface area contributed by atoms with Gasteiger partial charge < -0.3 is 23.6 Å². The Morgan fingerprint density at radius 2 is 2.04 bits per heavy atom. The number of hydrogen-bond acceptors (Lipinski definition) is 5. The molecule has 130 valence electrons. The molecule has 6 nitrogen and oxygen atoms in total. The Morgan fingerprint density at radius 1 is 1.16 bits per heavy atom. The summed E-state index contributed by atoms with van der Waals surface area (Å²) in [6, 6.07) is 9.63. The van der Waals surface area contributed by atoms with Crippen molar-refractivity contribution in [3.05, 3.63) is 54.7 Å². The van der Waals surface area contributed by atoms with Crippen LogP contribution in [0.1, 0.15) is 5.76 Å². The van der Waals surface area contributed by atoms with Gasteiger partial charge in [-0.05, 0) is 30.3 Å². The standard InChI is InChI=1S/C19H20N2O4/c22-13-14(10-16-2-1-7-23-16)12-21-6-5-20-19(21)15-3-4-17-18(11-15)25-9-8-24-17/h1-7,11,14,22H,8-10,12-13H2. The topological polar surface area (TPSA) is 69.7 Å². The molecule has 25 heavy (non-hydrogen) atoms. The van der Waals surface area contributed by atoms with E-state index in [0.29, 0.717) is 26.2 Å². The van der Waals surface area contributed by atoms with Gasteiger partial charge in [0.15, 0.2) is 11.5 Å². The van der Waals surface area contributed by atoms with Gasteiger partial charge in [0, 0.05) is 43.4 Å². The molecule has 1 aliphatic heterocycles. The highest BCUT2D eigenvalue weighted by Gasteiger charge is 2.17. The molecule has 2 aromatic heterocycles. The molecule has 0 saturated heterocycles. The second kappa shape index (κ2) is 7.03. The second-order valence-electron chi connectivity index (χ2n) is 6.09. The Hall–Kier alpha value is -2.73. The number of ether oxygens (including phenoxy) is 2. The van der Waals surface area contributed by atoms with Gasteiger partial charge in [0.1, 0.15) is 24.8 Å². The van der Waals surface area contributed by atoms with Gasteiger partial charge in [-0.15, -0.1) is 0 Å². The number of aliphatic hydroxyl groups excluding tert-OH is 1. The summed E-state index contributed by atoms with van der Waals surface area (Å²) in [4.78, 5) is 4.48. The molecule has 1 aliphatic rings. The normalized spacial score (nSPS) is 14.4. The van der Waals surface area contributed by atoms with Crippen LogP contribution in [-0.4, -0.2) is 34.5 Å². The van der Waals surface area contributed by atoms with Crippen molar-refractivity contribution >= 4 is 0 Å². The van der Waals surface area contributed by atoms with Crippen molar-refractivity contribution in [2.45, 2.75) is 13.0 Å². The number of aliphatic hydroxyl groups is 1. The summed E-state index contributed by atoms with van der Waals surface area (Å²) in [5, 5.41) is 9.73. The monoisotopic (exact) mass is 340 g/mol. The van der Waals surface area contributed by atoms with Crippen molar-refractivity contribution in [1.29, 1.82) is 0 Å². The molecule has 0 bridgehead atoms. The molecule has 0 radical (unpaired) electrons. The average molecular weight is 340 g/mol. The summed E-state index contributed by atoms with van der Waals surface area (Å²) in [6.45, 7) is 1.87. The van der Waals surface area contributed by atoms with E-state index in [4.69, 9.17) is 13.9 Å². The summed E-state index contributed by atoms with van der Waals surface area (Å²) >= 11 is 0. The third-order valence-electron chi connectivity index (χ3n) is 4.30. The SMILES string of the molecule is OCC(Cc1ccco1)Cn1ccnc1-c1ccc2c(c1)OCCO2. The first-order valence-electron chi connectivity index (χ1n) is 8.38. The number of rotatable bonds is 6. The van der Waals surface area contributed by atoms with Gasteiger partial charge in [-0.1, -0.05) is 0 Å². The summed E-state index contributed by atoms with van der Waals surface area (Å²) in [5.74, 6) is 3.28. The minimum absolute atomic E-state index is 0.0521. The maximum atomic E-state index is 9.73. The number of nitrogens with zero attached hydrogens (tertiary/aromatic N) is 2. The minimum Gasteiger partial charge on any atom is -0.486 e. The fraction of sp³-hybridized carbons (Fsp3) is 0.316. The molecule has 1 aromatic carbocycles. The van der Waals surface area contributed by atoms with Crippen molar-refractivity contribution < 1.29 is 19.0 Å². The summed E-state index contributed by atoms with van der Waals surface area (Å²) in [6.07, 6.45) is 6.04. The lowest BCUT2D eigenvalue weighted by molar-refractivity contribution is 0.171. The molecule has 3 aromatic rings. The van der Waals surface area contributed by atoms with Gasteiger partial charge in [-0.3, -0.25) is 0 Å². The maximum Gasteiger partial charge on any atom is 0.162 e. The van der Waals surface area contributed by atoms with Crippen LogP contribution >= 0.6 is 0 Å². The van der Waals surface area contributed by atoms with E-state index in [-0.39, 0.29) is 12.5 Å². The summed E-state index contributed by atoms with van der Waals surface area (Å²) < 4.78 is 18.7. The Morgan fingerprint density at radius 3 is 2.84 bits per heavy atom. The predicted octanol–water partition coefficient (Wildman–Crippen LogP) is 2.77. The van der Waals surface area contributed by atoms with Gasteiger partial charge in [0.05, 0.1) is 6.26 Å². The molecule has 0 amide bonds. The Kier molecular flexibility index (Phi) is 4.43. The third kappa shape index (κ3) is 3.39. The maximum absolute atomic E-state index is 9.73. The first-order chi connectivity index (χ1) is 12.3. The van der Waals surface area contributed by atoms with Crippen LogP contribution in [0.15, 0.2) is 53.4 Å². The van der Waals surface area contributed by atoms with E-state index in [0.717, 1.165) is 28.6 Å². The molecule has 1 unspecified atom stereocenters. The second-order valence-corrected chi connectivity index (χ2v) is 6.09. The predicted molar refractivity (Wildman–Crippen MR) is 91.6 cm³/mol. The fourth-order valence-electron chi connectivity index (χ4n) is 3.08. The van der Waals surface area contributed by atoms with E-state index < -0.39 is 0 Å². The van der Waals surface area contributed by atoms with Gasteiger partial charge in [-0.2, -0.15) is 0 Å². The highest BCUT2D eigenvalue weighted by Crippen LogP contribution is 2.34. The van der Waals surface area contributed by atoms with E-state index in [2.05, 4.69) is 9.55 Å². The minimum atomic E-state index is 0.0521. The fourth-order valence-corrected chi connectivity index (χ4v) is 3.08. The molecule has 3 heterocycles. The lowest BCUT2D eigenvalue weighted by Crippen LogP contribution is -2.17. The molecule has 1 N–H and O–H groups in total. The molecule has 1 atom stereocenters. The van der Waals surface area contributed by atoms with Crippen LogP contribution in [0, 0.1) is 5.92 Å². The van der Waals surface area contributed by atoms with E-state index in [1.165, 1.54) is 0 Å². The van der Waals surface area contributed by atoms with Crippen LogP contribution in [0.2, 0.25) is 0 Å². The van der Waals surface area contributed by atoms with E-state index >= 15 is 0 Å². The number of hydrogen-bond donors (Lipinski definition) is 1.